The summed E-state index contributed by atoms with van der Waals surface area (Å²) >= 11 is 5.99. The Bertz CT molecular complexity index is 776. The number of amides is 2. The van der Waals surface area contributed by atoms with Crippen LogP contribution in [0.5, 0.6) is 0 Å². The van der Waals surface area contributed by atoms with E-state index < -0.39 is 11.8 Å². The van der Waals surface area contributed by atoms with Crippen molar-refractivity contribution >= 4 is 40.0 Å². The average molecular weight is 304 g/mol. The zero-order valence-corrected chi connectivity index (χ0v) is 12.3. The summed E-state index contributed by atoms with van der Waals surface area (Å²) < 4.78 is 2.00. The van der Waals surface area contributed by atoms with Gasteiger partial charge in [0.15, 0.2) is 0 Å². The number of rotatable bonds is 4. The summed E-state index contributed by atoms with van der Waals surface area (Å²) in [5.74, 6) is -1.00. The van der Waals surface area contributed by atoms with Gasteiger partial charge in [0.25, 0.3) is 11.8 Å². The molecule has 0 aliphatic carbocycles. The predicted molar refractivity (Wildman–Crippen MR) is 80.6 cm³/mol. The van der Waals surface area contributed by atoms with Gasteiger partial charge in [-0.15, -0.1) is 0 Å². The molecule has 0 spiro atoms. The van der Waals surface area contributed by atoms with Gasteiger partial charge in [0.2, 0.25) is 0 Å². The quantitative estimate of drug-likeness (QED) is 0.882. The summed E-state index contributed by atoms with van der Waals surface area (Å²) in [7, 11) is 0. The van der Waals surface area contributed by atoms with Crippen LogP contribution in [0.1, 0.15) is 25.3 Å². The summed E-state index contributed by atoms with van der Waals surface area (Å²) in [6.07, 6.45) is 5.63. The minimum Gasteiger partial charge on any atom is -0.332 e. The van der Waals surface area contributed by atoms with Gasteiger partial charge in [-0.1, -0.05) is 24.9 Å². The fraction of sp³-hybridized carbons (Fsp3) is 0.267. The third-order valence-electron chi connectivity index (χ3n) is 3.53. The highest BCUT2D eigenvalue weighted by atomic mass is 35.5. The summed E-state index contributed by atoms with van der Waals surface area (Å²) in [6.45, 7) is 2.92. The van der Waals surface area contributed by atoms with Gasteiger partial charge in [0.05, 0.1) is 5.57 Å². The fourth-order valence-corrected chi connectivity index (χ4v) is 2.73. The molecule has 0 unspecified atom stereocenters. The molecule has 0 atom stereocenters. The lowest BCUT2D eigenvalue weighted by Gasteiger charge is -2.01. The molecule has 0 bridgehead atoms. The van der Waals surface area contributed by atoms with E-state index in [0.717, 1.165) is 30.4 Å². The Balaban J connectivity index is 2.20. The second-order valence-corrected chi connectivity index (χ2v) is 5.31. The number of fused-ring (bicyclic) bond motifs is 1. The number of nitrogens with one attached hydrogen (secondary N) is 1. The molecule has 2 amide bonds. The highest BCUT2D eigenvalue weighted by Gasteiger charge is 2.32. The molecule has 3 rings (SSSR count). The van der Waals surface area contributed by atoms with E-state index in [2.05, 4.69) is 17.2 Å². The Kier molecular flexibility index (Phi) is 3.51. The van der Waals surface area contributed by atoms with Crippen LogP contribution < -0.4 is 5.32 Å². The molecule has 21 heavy (non-hydrogen) atoms. The summed E-state index contributed by atoms with van der Waals surface area (Å²) in [5, 5.41) is 2.99. The van der Waals surface area contributed by atoms with Crippen LogP contribution >= 0.6 is 11.6 Å². The van der Waals surface area contributed by atoms with Crippen LogP contribution in [-0.2, 0) is 16.1 Å². The van der Waals surface area contributed by atoms with E-state index >= 15 is 0 Å². The number of pyridine rings is 1. The predicted octanol–water partition coefficient (Wildman–Crippen LogP) is 2.44. The van der Waals surface area contributed by atoms with Crippen LogP contribution in [-0.4, -0.2) is 21.4 Å². The smallest absolute Gasteiger partial charge is 0.270 e. The summed E-state index contributed by atoms with van der Waals surface area (Å²) in [6, 6.07) is 3.69. The third kappa shape index (κ3) is 2.23. The molecule has 108 valence electrons. The zero-order chi connectivity index (χ0) is 15.0. The van der Waals surface area contributed by atoms with Crippen LogP contribution in [0.4, 0.5) is 0 Å². The van der Waals surface area contributed by atoms with E-state index in [1.54, 1.807) is 12.3 Å². The average Bonchev–Trinajstić information content (AvgIpc) is 2.95. The fourth-order valence-electron chi connectivity index (χ4n) is 2.49. The molecular formula is C15H14ClN3O2. The number of carbonyl (C=O) groups excluding carboxylic acids is 2. The van der Waals surface area contributed by atoms with Crippen LogP contribution in [0.25, 0.3) is 16.6 Å². The number of imide groups is 1. The van der Waals surface area contributed by atoms with E-state index in [1.807, 2.05) is 16.8 Å². The molecular weight excluding hydrogens is 290 g/mol. The standard InChI is InChI=1S/C15H14ClN3O2/c1-2-3-7-19-8-10(9-5-4-6-17-13(9)19)11-12(16)15(21)18-14(11)20/h4-6,8H,2-3,7H2,1H3,(H,18,20,21). The van der Waals surface area contributed by atoms with E-state index in [-0.39, 0.29) is 10.6 Å². The van der Waals surface area contributed by atoms with Crippen LogP contribution in [0, 0.1) is 0 Å². The Morgan fingerprint density at radius 2 is 2.14 bits per heavy atom. The monoisotopic (exact) mass is 303 g/mol. The topological polar surface area (TPSA) is 64.0 Å². The van der Waals surface area contributed by atoms with Crippen molar-refractivity contribution in [3.05, 3.63) is 35.1 Å². The van der Waals surface area contributed by atoms with Crippen molar-refractivity contribution in [2.24, 2.45) is 0 Å². The van der Waals surface area contributed by atoms with Gasteiger partial charge in [0, 0.05) is 29.9 Å². The molecule has 0 radical (unpaired) electrons. The SMILES string of the molecule is CCCCn1cc(C2=C(Cl)C(=O)NC2=O)c2cccnc21. The maximum absolute atomic E-state index is 12.0. The second-order valence-electron chi connectivity index (χ2n) is 4.94. The normalized spacial score (nSPS) is 15.1. The van der Waals surface area contributed by atoms with Gasteiger partial charge in [-0.25, -0.2) is 4.98 Å². The summed E-state index contributed by atoms with van der Waals surface area (Å²) in [4.78, 5) is 27.9. The Labute approximate surface area is 126 Å². The maximum Gasteiger partial charge on any atom is 0.270 e. The number of halogens is 1. The van der Waals surface area contributed by atoms with Gasteiger partial charge >= 0.3 is 0 Å². The number of aryl methyl sites for hydroxylation is 1. The number of unbranched alkanes of at least 4 members (excludes halogenated alkanes) is 1. The highest BCUT2D eigenvalue weighted by Crippen LogP contribution is 2.32. The number of hydrogen-bond acceptors (Lipinski definition) is 3. The Morgan fingerprint density at radius 1 is 1.33 bits per heavy atom. The lowest BCUT2D eigenvalue weighted by atomic mass is 10.1. The van der Waals surface area contributed by atoms with Crippen molar-refractivity contribution in [3.8, 4) is 0 Å². The first-order chi connectivity index (χ1) is 10.1. The number of carbonyl (C=O) groups is 2. The van der Waals surface area contributed by atoms with Crippen molar-refractivity contribution in [1.29, 1.82) is 0 Å². The largest absolute Gasteiger partial charge is 0.332 e. The molecule has 5 nitrogen and oxygen atoms in total. The van der Waals surface area contributed by atoms with Crippen LogP contribution in [0.3, 0.4) is 0 Å². The molecule has 0 saturated carbocycles. The van der Waals surface area contributed by atoms with Crippen molar-refractivity contribution < 1.29 is 9.59 Å². The highest BCUT2D eigenvalue weighted by molar-refractivity contribution is 6.55. The van der Waals surface area contributed by atoms with Gasteiger partial charge in [-0.2, -0.15) is 0 Å². The van der Waals surface area contributed by atoms with Crippen molar-refractivity contribution in [2.75, 3.05) is 0 Å². The lowest BCUT2D eigenvalue weighted by Crippen LogP contribution is -2.22. The maximum atomic E-state index is 12.0. The molecule has 1 aliphatic rings. The van der Waals surface area contributed by atoms with Crippen molar-refractivity contribution in [1.82, 2.24) is 14.9 Å². The minimum atomic E-state index is -0.546. The van der Waals surface area contributed by atoms with Gasteiger partial charge < -0.3 is 4.57 Å². The molecule has 0 aromatic carbocycles. The summed E-state index contributed by atoms with van der Waals surface area (Å²) in [5.41, 5.74) is 1.68. The zero-order valence-electron chi connectivity index (χ0n) is 11.5. The molecule has 3 heterocycles. The van der Waals surface area contributed by atoms with E-state index in [9.17, 15) is 9.59 Å². The number of nitrogens with zero attached hydrogens (tertiary/aromatic N) is 2. The third-order valence-corrected chi connectivity index (χ3v) is 3.89. The molecule has 1 N–H and O–H groups in total. The lowest BCUT2D eigenvalue weighted by molar-refractivity contribution is -0.123. The number of hydrogen-bond donors (Lipinski definition) is 1. The first-order valence-corrected chi connectivity index (χ1v) is 7.21. The molecule has 2 aromatic heterocycles. The minimum absolute atomic E-state index is 0.0570. The molecule has 1 aliphatic heterocycles. The van der Waals surface area contributed by atoms with Crippen molar-refractivity contribution in [3.63, 3.8) is 0 Å². The first kappa shape index (κ1) is 13.8. The molecule has 0 fully saturated rings. The number of aromatic nitrogens is 2. The van der Waals surface area contributed by atoms with Crippen LogP contribution in [0.2, 0.25) is 0 Å². The first-order valence-electron chi connectivity index (χ1n) is 6.83. The molecule has 2 aromatic rings. The van der Waals surface area contributed by atoms with E-state index in [1.165, 1.54) is 0 Å². The molecule has 6 heteroatoms. The van der Waals surface area contributed by atoms with Gasteiger partial charge in [-0.05, 0) is 18.6 Å². The van der Waals surface area contributed by atoms with Gasteiger partial charge in [0.1, 0.15) is 10.7 Å². The van der Waals surface area contributed by atoms with Gasteiger partial charge in [-0.3, -0.25) is 14.9 Å². The second kappa shape index (κ2) is 5.33. The van der Waals surface area contributed by atoms with E-state index in [0.29, 0.717) is 5.56 Å². The molecule has 0 saturated heterocycles. The van der Waals surface area contributed by atoms with E-state index in [4.69, 9.17) is 11.6 Å². The van der Waals surface area contributed by atoms with Crippen LogP contribution in [0.15, 0.2) is 29.6 Å². The Morgan fingerprint density at radius 3 is 2.81 bits per heavy atom. The Hall–Kier alpha value is -2.14. The van der Waals surface area contributed by atoms with Crippen molar-refractivity contribution in [2.45, 2.75) is 26.3 Å².